The van der Waals surface area contributed by atoms with Gasteiger partial charge in [-0.15, -0.1) is 0 Å². The van der Waals surface area contributed by atoms with E-state index in [4.69, 9.17) is 0 Å². The van der Waals surface area contributed by atoms with Crippen molar-refractivity contribution in [2.24, 2.45) is 5.92 Å². The molecule has 0 unspecified atom stereocenters. The van der Waals surface area contributed by atoms with Gasteiger partial charge in [0.2, 0.25) is 0 Å². The molecule has 1 N–H and O–H groups in total. The summed E-state index contributed by atoms with van der Waals surface area (Å²) < 4.78 is 0. The van der Waals surface area contributed by atoms with Crippen molar-refractivity contribution in [2.75, 3.05) is 18.0 Å². The number of hydrogen-bond donors (Lipinski definition) is 1. The zero-order valence-corrected chi connectivity index (χ0v) is 13.3. The van der Waals surface area contributed by atoms with Crippen LogP contribution in [0.25, 0.3) is 0 Å². The van der Waals surface area contributed by atoms with Crippen LogP contribution in [0.5, 0.6) is 0 Å². The second-order valence-electron chi connectivity index (χ2n) is 5.44. The molecule has 0 aliphatic rings. The Morgan fingerprint density at radius 3 is 2.45 bits per heavy atom. The molecule has 2 rings (SSSR count). The fraction of sp³-hybridized carbons (Fsp3) is 0.353. The maximum Gasteiger partial charge on any atom is 0.271 e. The minimum Gasteiger partial charge on any atom is -0.350 e. The Kier molecular flexibility index (Phi) is 5.47. The molecule has 1 amide bonds. The first-order chi connectivity index (χ1) is 10.6. The molecule has 0 atom stereocenters. The Bertz CT molecular complexity index is 596. The number of carbonyl (C=O) groups excluding carboxylic acids is 1. The van der Waals surface area contributed by atoms with Gasteiger partial charge in [0.05, 0.1) is 12.4 Å². The molecule has 1 heterocycles. The van der Waals surface area contributed by atoms with Gasteiger partial charge >= 0.3 is 0 Å². The lowest BCUT2D eigenvalue weighted by atomic mass is 10.2. The van der Waals surface area contributed by atoms with Gasteiger partial charge in [0.25, 0.3) is 5.91 Å². The molecule has 22 heavy (non-hydrogen) atoms. The summed E-state index contributed by atoms with van der Waals surface area (Å²) in [6, 6.07) is 9.99. The van der Waals surface area contributed by atoms with E-state index < -0.39 is 0 Å². The van der Waals surface area contributed by atoms with E-state index >= 15 is 0 Å². The van der Waals surface area contributed by atoms with Crippen molar-refractivity contribution in [1.29, 1.82) is 0 Å². The van der Waals surface area contributed by atoms with Gasteiger partial charge in [0.15, 0.2) is 5.82 Å². The maximum absolute atomic E-state index is 11.9. The van der Waals surface area contributed by atoms with Gasteiger partial charge in [0.1, 0.15) is 5.69 Å². The third-order valence-corrected chi connectivity index (χ3v) is 3.20. The highest BCUT2D eigenvalue weighted by atomic mass is 16.1. The highest BCUT2D eigenvalue weighted by Gasteiger charge is 2.12. The fourth-order valence-corrected chi connectivity index (χ4v) is 2.05. The largest absolute Gasteiger partial charge is 0.350 e. The van der Waals surface area contributed by atoms with Crippen LogP contribution in [0.2, 0.25) is 0 Å². The summed E-state index contributed by atoms with van der Waals surface area (Å²) in [5.41, 5.74) is 1.39. The lowest BCUT2D eigenvalue weighted by Crippen LogP contribution is -2.28. The lowest BCUT2D eigenvalue weighted by Gasteiger charge is -2.21. The number of nitrogens with zero attached hydrogens (tertiary/aromatic N) is 3. The van der Waals surface area contributed by atoms with E-state index in [2.05, 4.69) is 22.2 Å². The number of benzene rings is 1. The van der Waals surface area contributed by atoms with Crippen molar-refractivity contribution >= 4 is 17.4 Å². The van der Waals surface area contributed by atoms with Crippen molar-refractivity contribution < 1.29 is 4.79 Å². The molecule has 0 bridgehead atoms. The molecule has 0 aliphatic carbocycles. The Morgan fingerprint density at radius 2 is 1.91 bits per heavy atom. The highest BCUT2D eigenvalue weighted by molar-refractivity contribution is 5.92. The molecule has 5 heteroatoms. The first-order valence-electron chi connectivity index (χ1n) is 7.54. The van der Waals surface area contributed by atoms with Crippen molar-refractivity contribution in [1.82, 2.24) is 15.3 Å². The number of rotatable bonds is 6. The molecule has 0 saturated carbocycles. The van der Waals surface area contributed by atoms with Gasteiger partial charge in [-0.1, -0.05) is 32.0 Å². The van der Waals surface area contributed by atoms with Crippen molar-refractivity contribution in [3.63, 3.8) is 0 Å². The van der Waals surface area contributed by atoms with E-state index in [9.17, 15) is 4.79 Å². The molecule has 0 saturated heterocycles. The molecule has 0 spiro atoms. The topological polar surface area (TPSA) is 58.1 Å². The third-order valence-electron chi connectivity index (χ3n) is 3.20. The van der Waals surface area contributed by atoms with Crippen LogP contribution < -0.4 is 10.2 Å². The predicted octanol–water partition coefficient (Wildman–Crippen LogP) is 3.02. The predicted molar refractivity (Wildman–Crippen MR) is 88.3 cm³/mol. The molecule has 1 aromatic carbocycles. The molecule has 116 valence electrons. The summed E-state index contributed by atoms with van der Waals surface area (Å²) in [6.45, 7) is 7.56. The first kappa shape index (κ1) is 15.9. The molecule has 5 nitrogen and oxygen atoms in total. The number of carbonyl (C=O) groups is 1. The quantitative estimate of drug-likeness (QED) is 0.890. The molecule has 0 aliphatic heterocycles. The Labute approximate surface area is 131 Å². The van der Waals surface area contributed by atoms with Crippen molar-refractivity contribution in [3.05, 3.63) is 48.4 Å². The highest BCUT2D eigenvalue weighted by Crippen LogP contribution is 2.21. The number of amides is 1. The van der Waals surface area contributed by atoms with Crippen LogP contribution in [0.3, 0.4) is 0 Å². The standard InChI is InChI=1S/C17H22N4O/c1-4-21(14-8-6-5-7-9-14)16-12-18-15(11-19-16)17(22)20-10-13(2)3/h5-9,11-13H,4,10H2,1-3H3,(H,20,22). The normalized spacial score (nSPS) is 10.5. The summed E-state index contributed by atoms with van der Waals surface area (Å²) in [5, 5.41) is 2.84. The van der Waals surface area contributed by atoms with Crippen LogP contribution in [0.4, 0.5) is 11.5 Å². The molecule has 0 fully saturated rings. The second kappa shape index (κ2) is 7.54. The number of para-hydroxylation sites is 1. The summed E-state index contributed by atoms with van der Waals surface area (Å²) in [6.07, 6.45) is 3.16. The van der Waals surface area contributed by atoms with E-state index in [0.717, 1.165) is 18.1 Å². The van der Waals surface area contributed by atoms with Gasteiger partial charge in [0, 0.05) is 18.8 Å². The second-order valence-corrected chi connectivity index (χ2v) is 5.44. The zero-order chi connectivity index (χ0) is 15.9. The molecular weight excluding hydrogens is 276 g/mol. The Morgan fingerprint density at radius 1 is 1.18 bits per heavy atom. The van der Waals surface area contributed by atoms with Crippen LogP contribution in [0.1, 0.15) is 31.3 Å². The van der Waals surface area contributed by atoms with Gasteiger partial charge in [-0.3, -0.25) is 4.79 Å². The summed E-state index contributed by atoms with van der Waals surface area (Å²) in [4.78, 5) is 22.6. The zero-order valence-electron chi connectivity index (χ0n) is 13.3. The van der Waals surface area contributed by atoms with E-state index in [0.29, 0.717) is 18.2 Å². The van der Waals surface area contributed by atoms with Crippen LogP contribution in [-0.2, 0) is 0 Å². The summed E-state index contributed by atoms with van der Waals surface area (Å²) >= 11 is 0. The molecular formula is C17H22N4O. The summed E-state index contributed by atoms with van der Waals surface area (Å²) in [5.74, 6) is 0.953. The van der Waals surface area contributed by atoms with Crippen LogP contribution in [0, 0.1) is 5.92 Å². The van der Waals surface area contributed by atoms with Gasteiger partial charge in [-0.2, -0.15) is 0 Å². The number of aromatic nitrogens is 2. The number of nitrogens with one attached hydrogen (secondary N) is 1. The smallest absolute Gasteiger partial charge is 0.271 e. The van der Waals surface area contributed by atoms with E-state index in [1.807, 2.05) is 49.1 Å². The van der Waals surface area contributed by atoms with Crippen molar-refractivity contribution in [3.8, 4) is 0 Å². The van der Waals surface area contributed by atoms with E-state index in [1.165, 1.54) is 6.20 Å². The molecule has 0 radical (unpaired) electrons. The fourth-order valence-electron chi connectivity index (χ4n) is 2.05. The Hall–Kier alpha value is -2.43. The minimum absolute atomic E-state index is 0.185. The molecule has 2 aromatic rings. The van der Waals surface area contributed by atoms with Crippen LogP contribution in [-0.4, -0.2) is 29.0 Å². The number of hydrogen-bond acceptors (Lipinski definition) is 4. The maximum atomic E-state index is 11.9. The van der Waals surface area contributed by atoms with Crippen LogP contribution in [0.15, 0.2) is 42.7 Å². The lowest BCUT2D eigenvalue weighted by molar-refractivity contribution is 0.0943. The summed E-state index contributed by atoms with van der Waals surface area (Å²) in [7, 11) is 0. The van der Waals surface area contributed by atoms with Crippen molar-refractivity contribution in [2.45, 2.75) is 20.8 Å². The first-order valence-corrected chi connectivity index (χ1v) is 7.54. The average molecular weight is 298 g/mol. The minimum atomic E-state index is -0.185. The monoisotopic (exact) mass is 298 g/mol. The average Bonchev–Trinajstić information content (AvgIpc) is 2.55. The van der Waals surface area contributed by atoms with Crippen LogP contribution >= 0.6 is 0 Å². The van der Waals surface area contributed by atoms with Gasteiger partial charge < -0.3 is 10.2 Å². The SMILES string of the molecule is CCN(c1ccccc1)c1cnc(C(=O)NCC(C)C)cn1. The van der Waals surface area contributed by atoms with E-state index in [1.54, 1.807) is 6.20 Å². The number of anilines is 2. The van der Waals surface area contributed by atoms with Gasteiger partial charge in [-0.25, -0.2) is 9.97 Å². The van der Waals surface area contributed by atoms with Gasteiger partial charge in [-0.05, 0) is 25.0 Å². The third kappa shape index (κ3) is 4.04. The van der Waals surface area contributed by atoms with E-state index in [-0.39, 0.29) is 5.91 Å². The Balaban J connectivity index is 2.12. The molecule has 1 aromatic heterocycles.